The first-order valence-electron chi connectivity index (χ1n) is 8.53. The van der Waals surface area contributed by atoms with Gasteiger partial charge in [-0.15, -0.1) is 23.7 Å². The third kappa shape index (κ3) is 3.57. The molecule has 1 atom stereocenters. The van der Waals surface area contributed by atoms with Gasteiger partial charge in [0.15, 0.2) is 5.82 Å². The third-order valence-corrected chi connectivity index (χ3v) is 6.26. The number of nitrogens with two attached hydrogens (primary N) is 1. The molecule has 1 aliphatic heterocycles. The number of nitrogens with zero attached hydrogens (tertiary/aromatic N) is 3. The van der Waals surface area contributed by atoms with E-state index in [9.17, 15) is 13.2 Å². The summed E-state index contributed by atoms with van der Waals surface area (Å²) in [5.41, 5.74) is 7.24. The summed E-state index contributed by atoms with van der Waals surface area (Å²) in [5, 5.41) is 3.34. The van der Waals surface area contributed by atoms with E-state index in [1.165, 1.54) is 11.3 Å². The van der Waals surface area contributed by atoms with Crippen molar-refractivity contribution in [3.05, 3.63) is 10.4 Å². The summed E-state index contributed by atoms with van der Waals surface area (Å²) in [5.74, 6) is -0.386. The van der Waals surface area contributed by atoms with Crippen molar-refractivity contribution < 1.29 is 13.2 Å². The highest BCUT2D eigenvalue weighted by Gasteiger charge is 2.42. The Morgan fingerprint density at radius 3 is 2.77 bits per heavy atom. The van der Waals surface area contributed by atoms with Gasteiger partial charge in [0.25, 0.3) is 0 Å². The molecule has 3 heterocycles. The zero-order valence-electron chi connectivity index (χ0n) is 14.1. The summed E-state index contributed by atoms with van der Waals surface area (Å²) < 4.78 is 40.4. The van der Waals surface area contributed by atoms with E-state index >= 15 is 0 Å². The van der Waals surface area contributed by atoms with Crippen molar-refractivity contribution in [1.82, 2.24) is 15.3 Å². The highest BCUT2D eigenvalue weighted by molar-refractivity contribution is 7.19. The number of aromatic nitrogens is 2. The van der Waals surface area contributed by atoms with Crippen LogP contribution in [0.3, 0.4) is 0 Å². The molecular weight excluding hydrogens is 387 g/mol. The van der Waals surface area contributed by atoms with E-state index in [2.05, 4.69) is 20.2 Å². The van der Waals surface area contributed by atoms with Gasteiger partial charge in [0.2, 0.25) is 5.95 Å². The van der Waals surface area contributed by atoms with E-state index in [0.29, 0.717) is 11.9 Å². The molecule has 2 aromatic heterocycles. The third-order valence-electron chi connectivity index (χ3n) is 4.99. The Hall–Kier alpha value is -1.32. The quantitative estimate of drug-likeness (QED) is 0.760. The average Bonchev–Trinajstić information content (AvgIpc) is 2.74. The second kappa shape index (κ2) is 7.36. The number of alkyl halides is 3. The van der Waals surface area contributed by atoms with Crippen LogP contribution in [0.15, 0.2) is 0 Å². The second-order valence-electron chi connectivity index (χ2n) is 6.66. The van der Waals surface area contributed by atoms with E-state index in [-0.39, 0.29) is 31.2 Å². The fourth-order valence-corrected chi connectivity index (χ4v) is 4.99. The lowest BCUT2D eigenvalue weighted by atomic mass is 9.87. The largest absolute Gasteiger partial charge is 0.392 e. The molecule has 0 bridgehead atoms. The van der Waals surface area contributed by atoms with Gasteiger partial charge in [0.1, 0.15) is 0 Å². The molecule has 1 saturated heterocycles. The van der Waals surface area contributed by atoms with Crippen LogP contribution in [0.5, 0.6) is 0 Å². The van der Waals surface area contributed by atoms with Crippen LogP contribution < -0.4 is 16.0 Å². The fraction of sp³-hybridized carbons (Fsp3) is 0.625. The van der Waals surface area contributed by atoms with Gasteiger partial charge in [-0.1, -0.05) is 0 Å². The predicted molar refractivity (Wildman–Crippen MR) is 100 cm³/mol. The summed E-state index contributed by atoms with van der Waals surface area (Å²) >= 11 is 1.54. The molecule has 3 N–H and O–H groups in total. The van der Waals surface area contributed by atoms with Crippen molar-refractivity contribution in [2.45, 2.75) is 31.9 Å². The van der Waals surface area contributed by atoms with Gasteiger partial charge < -0.3 is 16.0 Å². The lowest BCUT2D eigenvalue weighted by Crippen LogP contribution is -2.29. The summed E-state index contributed by atoms with van der Waals surface area (Å²) in [6, 6.07) is 0. The predicted octanol–water partition coefficient (Wildman–Crippen LogP) is 3.16. The molecule has 2 aliphatic rings. The number of hydrogen-bond acceptors (Lipinski definition) is 6. The van der Waals surface area contributed by atoms with E-state index in [1.807, 2.05) is 0 Å². The van der Waals surface area contributed by atoms with Crippen molar-refractivity contribution in [3.8, 4) is 0 Å². The van der Waals surface area contributed by atoms with Gasteiger partial charge in [0, 0.05) is 24.5 Å². The molecule has 1 aliphatic carbocycles. The number of thiophene rings is 1. The number of nitrogen functional groups attached to an aromatic ring is 1. The van der Waals surface area contributed by atoms with Crippen LogP contribution >= 0.6 is 23.7 Å². The molecule has 0 amide bonds. The smallest absolute Gasteiger partial charge is 0.368 e. The molecular formula is C16H21ClF3N5S. The number of rotatable bonds is 1. The number of nitrogens with one attached hydrogen (secondary N) is 1. The summed E-state index contributed by atoms with van der Waals surface area (Å²) in [6.45, 7) is 3.46. The van der Waals surface area contributed by atoms with Crippen molar-refractivity contribution in [3.63, 3.8) is 0 Å². The van der Waals surface area contributed by atoms with Crippen LogP contribution in [0.1, 0.15) is 23.3 Å². The zero-order valence-corrected chi connectivity index (χ0v) is 15.7. The van der Waals surface area contributed by atoms with Crippen molar-refractivity contribution in [2.75, 3.05) is 36.8 Å². The summed E-state index contributed by atoms with van der Waals surface area (Å²) in [6.07, 6.45) is -2.58. The van der Waals surface area contributed by atoms with Crippen LogP contribution in [0.4, 0.5) is 24.9 Å². The molecule has 144 valence electrons. The van der Waals surface area contributed by atoms with Gasteiger partial charge in [-0.3, -0.25) is 0 Å². The van der Waals surface area contributed by atoms with Crippen molar-refractivity contribution in [2.24, 2.45) is 5.92 Å². The molecule has 0 radical (unpaired) electrons. The number of anilines is 2. The fourth-order valence-electron chi connectivity index (χ4n) is 3.69. The monoisotopic (exact) mass is 407 g/mol. The molecule has 1 fully saturated rings. The molecule has 26 heavy (non-hydrogen) atoms. The van der Waals surface area contributed by atoms with Crippen LogP contribution in [0, 0.1) is 5.92 Å². The van der Waals surface area contributed by atoms with Gasteiger partial charge >= 0.3 is 6.18 Å². The Balaban J connectivity index is 0.00000196. The first kappa shape index (κ1) is 19.4. The second-order valence-corrected chi connectivity index (χ2v) is 7.76. The number of halogens is 4. The maximum Gasteiger partial charge on any atom is 0.392 e. The minimum Gasteiger partial charge on any atom is -0.368 e. The maximum absolute atomic E-state index is 13.2. The normalized spacial score (nSPS) is 21.2. The Morgan fingerprint density at radius 2 is 2.00 bits per heavy atom. The summed E-state index contributed by atoms with van der Waals surface area (Å²) in [7, 11) is 0. The van der Waals surface area contributed by atoms with Gasteiger partial charge in [-0.05, 0) is 37.8 Å². The average molecular weight is 408 g/mol. The van der Waals surface area contributed by atoms with Crippen LogP contribution in [0.2, 0.25) is 0 Å². The van der Waals surface area contributed by atoms with Crippen LogP contribution in [-0.2, 0) is 12.8 Å². The first-order chi connectivity index (χ1) is 11.9. The van der Waals surface area contributed by atoms with Crippen LogP contribution in [0.25, 0.3) is 10.2 Å². The van der Waals surface area contributed by atoms with E-state index in [4.69, 9.17) is 5.73 Å². The lowest BCUT2D eigenvalue weighted by molar-refractivity contribution is -0.176. The Bertz CT molecular complexity index is 786. The molecule has 4 rings (SSSR count). The number of hydrogen-bond donors (Lipinski definition) is 2. The number of fused-ring (bicyclic) bond motifs is 3. The number of aryl methyl sites for hydroxylation is 1. The molecule has 0 spiro atoms. The first-order valence-corrected chi connectivity index (χ1v) is 9.35. The maximum atomic E-state index is 13.2. The molecule has 0 aromatic carbocycles. The topological polar surface area (TPSA) is 67.1 Å². The Morgan fingerprint density at radius 1 is 1.19 bits per heavy atom. The SMILES string of the molecule is Cl.Nc1nc(N2CCCNCC2)c2sc3c(c2n1)CC(C(F)(F)F)CC3. The highest BCUT2D eigenvalue weighted by Crippen LogP contribution is 2.44. The van der Waals surface area contributed by atoms with Gasteiger partial charge in [-0.25, -0.2) is 4.98 Å². The Labute approximate surface area is 159 Å². The van der Waals surface area contributed by atoms with E-state index in [0.717, 1.165) is 53.6 Å². The van der Waals surface area contributed by atoms with Crippen molar-refractivity contribution in [1.29, 1.82) is 0 Å². The molecule has 5 nitrogen and oxygen atoms in total. The zero-order chi connectivity index (χ0) is 17.6. The minimum atomic E-state index is -4.16. The standard InChI is InChI=1S/C16H20F3N5S.ClH/c17-16(18,19)9-2-3-11-10(8-9)12-13(25-11)14(23-15(20)22-12)24-6-1-4-21-5-7-24;/h9,21H,1-8H2,(H2,20,22,23);1H. The molecule has 10 heteroatoms. The van der Waals surface area contributed by atoms with E-state index < -0.39 is 12.1 Å². The molecule has 0 saturated carbocycles. The minimum absolute atomic E-state index is 0. The van der Waals surface area contributed by atoms with Crippen molar-refractivity contribution >= 4 is 45.7 Å². The molecule has 2 aromatic rings. The summed E-state index contributed by atoms with van der Waals surface area (Å²) in [4.78, 5) is 11.9. The van der Waals surface area contributed by atoms with E-state index in [1.54, 1.807) is 0 Å². The highest BCUT2D eigenvalue weighted by atomic mass is 35.5. The Kier molecular flexibility index (Phi) is 5.50. The molecule has 1 unspecified atom stereocenters. The van der Waals surface area contributed by atoms with Gasteiger partial charge in [-0.2, -0.15) is 18.2 Å². The van der Waals surface area contributed by atoms with Crippen LogP contribution in [-0.4, -0.2) is 42.3 Å². The lowest BCUT2D eigenvalue weighted by Gasteiger charge is -2.24. The van der Waals surface area contributed by atoms with Gasteiger partial charge in [0.05, 0.1) is 16.1 Å².